The lowest BCUT2D eigenvalue weighted by Crippen LogP contribution is -2.21. The normalized spacial score (nSPS) is 12.2. The largest absolute Gasteiger partial charge is 0.447 e. The van der Waals surface area contributed by atoms with Gasteiger partial charge in [0.05, 0.1) is 6.54 Å². The molecule has 2 N–H and O–H groups in total. The SMILES string of the molecule is CN(C)S(=O)(=O)c1ccc(CNCCCCCO)o1. The van der Waals surface area contributed by atoms with Gasteiger partial charge in [-0.3, -0.25) is 0 Å². The van der Waals surface area contributed by atoms with Gasteiger partial charge in [0.1, 0.15) is 5.76 Å². The number of unbranched alkanes of at least 4 members (excludes halogenated alkanes) is 2. The molecule has 7 heteroatoms. The van der Waals surface area contributed by atoms with Crippen molar-refractivity contribution in [2.75, 3.05) is 27.2 Å². The standard InChI is InChI=1S/C12H22N2O4S/c1-14(2)19(16,17)12-7-6-11(18-12)10-13-8-4-3-5-9-15/h6-7,13,15H,3-5,8-10H2,1-2H3. The molecule has 0 atom stereocenters. The Hall–Kier alpha value is -0.890. The average molecular weight is 290 g/mol. The number of hydrogen-bond acceptors (Lipinski definition) is 5. The number of furan rings is 1. The number of aliphatic hydroxyl groups is 1. The Kier molecular flexibility index (Phi) is 6.50. The molecule has 0 aliphatic heterocycles. The summed E-state index contributed by atoms with van der Waals surface area (Å²) in [7, 11) is -0.549. The van der Waals surface area contributed by atoms with Gasteiger partial charge in [-0.15, -0.1) is 0 Å². The summed E-state index contributed by atoms with van der Waals surface area (Å²) in [6, 6.07) is 3.13. The Labute approximate surface area is 114 Å². The van der Waals surface area contributed by atoms with E-state index in [-0.39, 0.29) is 11.7 Å². The summed E-state index contributed by atoms with van der Waals surface area (Å²) in [4.78, 5) is 0. The van der Waals surface area contributed by atoms with Crippen LogP contribution in [0.25, 0.3) is 0 Å². The van der Waals surface area contributed by atoms with Crippen LogP contribution in [0.2, 0.25) is 0 Å². The van der Waals surface area contributed by atoms with Gasteiger partial charge in [-0.2, -0.15) is 0 Å². The first-order valence-electron chi connectivity index (χ1n) is 6.31. The molecular formula is C12H22N2O4S. The topological polar surface area (TPSA) is 82.8 Å². The Morgan fingerprint density at radius 1 is 1.26 bits per heavy atom. The van der Waals surface area contributed by atoms with Gasteiger partial charge in [0, 0.05) is 20.7 Å². The summed E-state index contributed by atoms with van der Waals surface area (Å²) in [5.74, 6) is 0.600. The number of nitrogens with zero attached hydrogens (tertiary/aromatic N) is 1. The first-order valence-corrected chi connectivity index (χ1v) is 7.75. The van der Waals surface area contributed by atoms with Crippen LogP contribution < -0.4 is 5.32 Å². The van der Waals surface area contributed by atoms with Gasteiger partial charge in [-0.05, 0) is 37.9 Å². The third kappa shape index (κ3) is 4.94. The molecule has 0 aliphatic rings. The minimum absolute atomic E-state index is 0.0328. The van der Waals surface area contributed by atoms with E-state index in [1.54, 1.807) is 6.07 Å². The van der Waals surface area contributed by atoms with E-state index >= 15 is 0 Å². The van der Waals surface area contributed by atoms with E-state index in [2.05, 4.69) is 5.32 Å². The molecule has 0 spiro atoms. The van der Waals surface area contributed by atoms with Crippen LogP contribution in [0, 0.1) is 0 Å². The number of nitrogens with one attached hydrogen (secondary N) is 1. The van der Waals surface area contributed by atoms with E-state index < -0.39 is 10.0 Å². The smallest absolute Gasteiger partial charge is 0.275 e. The van der Waals surface area contributed by atoms with Crippen molar-refractivity contribution in [3.63, 3.8) is 0 Å². The van der Waals surface area contributed by atoms with E-state index in [4.69, 9.17) is 9.52 Å². The second kappa shape index (κ2) is 7.64. The molecule has 1 aromatic rings. The van der Waals surface area contributed by atoms with E-state index in [1.165, 1.54) is 20.2 Å². The summed E-state index contributed by atoms with van der Waals surface area (Å²) in [6.07, 6.45) is 2.76. The van der Waals surface area contributed by atoms with Crippen LogP contribution in [0.4, 0.5) is 0 Å². The van der Waals surface area contributed by atoms with Crippen molar-refractivity contribution in [2.45, 2.75) is 30.9 Å². The monoisotopic (exact) mass is 290 g/mol. The average Bonchev–Trinajstić information content (AvgIpc) is 2.82. The molecule has 0 aromatic carbocycles. The fourth-order valence-electron chi connectivity index (χ4n) is 1.52. The van der Waals surface area contributed by atoms with Crippen molar-refractivity contribution >= 4 is 10.0 Å². The van der Waals surface area contributed by atoms with Crippen LogP contribution in [0.3, 0.4) is 0 Å². The first kappa shape index (κ1) is 16.2. The van der Waals surface area contributed by atoms with Crippen LogP contribution in [0.5, 0.6) is 0 Å². The van der Waals surface area contributed by atoms with Gasteiger partial charge in [-0.1, -0.05) is 0 Å². The lowest BCUT2D eigenvalue weighted by Gasteiger charge is -2.07. The molecule has 0 aliphatic carbocycles. The Balaban J connectivity index is 2.40. The van der Waals surface area contributed by atoms with Crippen LogP contribution in [0.15, 0.2) is 21.6 Å². The molecule has 1 aromatic heterocycles. The molecule has 0 saturated heterocycles. The molecule has 0 bridgehead atoms. The number of sulfonamides is 1. The summed E-state index contributed by atoms with van der Waals surface area (Å²) >= 11 is 0. The summed E-state index contributed by atoms with van der Waals surface area (Å²) in [5, 5.41) is 11.8. The second-order valence-electron chi connectivity index (χ2n) is 4.47. The fourth-order valence-corrected chi connectivity index (χ4v) is 2.33. The molecule has 110 valence electrons. The quantitative estimate of drug-likeness (QED) is 0.657. The molecule has 0 fully saturated rings. The van der Waals surface area contributed by atoms with Crippen LogP contribution in [-0.4, -0.2) is 45.1 Å². The molecular weight excluding hydrogens is 268 g/mol. The van der Waals surface area contributed by atoms with Gasteiger partial charge in [-0.25, -0.2) is 12.7 Å². The van der Waals surface area contributed by atoms with Gasteiger partial charge in [0.15, 0.2) is 0 Å². The second-order valence-corrected chi connectivity index (χ2v) is 6.55. The minimum atomic E-state index is -3.49. The maximum absolute atomic E-state index is 11.8. The van der Waals surface area contributed by atoms with E-state index in [0.29, 0.717) is 12.3 Å². The van der Waals surface area contributed by atoms with Gasteiger partial charge in [0.2, 0.25) is 5.09 Å². The zero-order valence-electron chi connectivity index (χ0n) is 11.4. The maximum Gasteiger partial charge on any atom is 0.275 e. The summed E-state index contributed by atoms with van der Waals surface area (Å²) in [6.45, 7) is 1.54. The Morgan fingerprint density at radius 3 is 2.63 bits per heavy atom. The molecule has 0 saturated carbocycles. The predicted molar refractivity (Wildman–Crippen MR) is 72.2 cm³/mol. The highest BCUT2D eigenvalue weighted by Gasteiger charge is 2.21. The highest BCUT2D eigenvalue weighted by molar-refractivity contribution is 7.88. The zero-order valence-corrected chi connectivity index (χ0v) is 12.2. The van der Waals surface area contributed by atoms with Crippen LogP contribution >= 0.6 is 0 Å². The van der Waals surface area contributed by atoms with Gasteiger partial charge >= 0.3 is 0 Å². The van der Waals surface area contributed by atoms with Crippen molar-refractivity contribution in [1.82, 2.24) is 9.62 Å². The molecule has 1 heterocycles. The number of rotatable bonds is 9. The highest BCUT2D eigenvalue weighted by Crippen LogP contribution is 2.16. The number of hydrogen-bond donors (Lipinski definition) is 2. The van der Waals surface area contributed by atoms with Crippen molar-refractivity contribution < 1.29 is 17.9 Å². The van der Waals surface area contributed by atoms with Crippen molar-refractivity contribution in [3.8, 4) is 0 Å². The van der Waals surface area contributed by atoms with Crippen molar-refractivity contribution in [1.29, 1.82) is 0 Å². The number of aliphatic hydroxyl groups excluding tert-OH is 1. The van der Waals surface area contributed by atoms with Crippen molar-refractivity contribution in [2.24, 2.45) is 0 Å². The van der Waals surface area contributed by atoms with E-state index in [1.807, 2.05) is 0 Å². The van der Waals surface area contributed by atoms with Crippen molar-refractivity contribution in [3.05, 3.63) is 17.9 Å². The Morgan fingerprint density at radius 2 is 2.00 bits per heavy atom. The summed E-state index contributed by atoms with van der Waals surface area (Å²) < 4.78 is 30.0. The van der Waals surface area contributed by atoms with Crippen LogP contribution in [0.1, 0.15) is 25.0 Å². The van der Waals surface area contributed by atoms with Crippen LogP contribution in [-0.2, 0) is 16.6 Å². The van der Waals surface area contributed by atoms with Gasteiger partial charge < -0.3 is 14.8 Å². The lowest BCUT2D eigenvalue weighted by atomic mass is 10.2. The molecule has 1 rings (SSSR count). The minimum Gasteiger partial charge on any atom is -0.447 e. The Bertz CT molecular complexity index is 468. The predicted octanol–water partition coefficient (Wildman–Crippen LogP) is 0.782. The molecule has 0 amide bonds. The lowest BCUT2D eigenvalue weighted by molar-refractivity contribution is 0.282. The molecule has 19 heavy (non-hydrogen) atoms. The summed E-state index contributed by atoms with van der Waals surface area (Å²) in [5.41, 5.74) is 0. The third-order valence-corrected chi connectivity index (χ3v) is 4.37. The first-order chi connectivity index (χ1) is 8.98. The van der Waals surface area contributed by atoms with E-state index in [9.17, 15) is 8.42 Å². The van der Waals surface area contributed by atoms with E-state index in [0.717, 1.165) is 30.1 Å². The fraction of sp³-hybridized carbons (Fsp3) is 0.667. The highest BCUT2D eigenvalue weighted by atomic mass is 32.2. The third-order valence-electron chi connectivity index (χ3n) is 2.68. The molecule has 0 radical (unpaired) electrons. The van der Waals surface area contributed by atoms with Gasteiger partial charge in [0.25, 0.3) is 10.0 Å². The molecule has 0 unspecified atom stereocenters. The zero-order chi connectivity index (χ0) is 14.3. The maximum atomic E-state index is 11.8. The molecule has 6 nitrogen and oxygen atoms in total.